The summed E-state index contributed by atoms with van der Waals surface area (Å²) in [6.07, 6.45) is 7.46. The second-order valence-electron chi connectivity index (χ2n) is 7.14. The molecule has 5 nitrogen and oxygen atoms in total. The van der Waals surface area contributed by atoms with Crippen molar-refractivity contribution in [3.63, 3.8) is 0 Å². The molecule has 29 heavy (non-hydrogen) atoms. The highest BCUT2D eigenvalue weighted by Crippen LogP contribution is 2.27. The minimum Gasteiger partial charge on any atom is -0.384 e. The lowest BCUT2D eigenvalue weighted by Crippen LogP contribution is -2.12. The zero-order valence-electron chi connectivity index (χ0n) is 16.6. The first-order valence-corrected chi connectivity index (χ1v) is 9.71. The molecule has 2 aromatic rings. The lowest BCUT2D eigenvalue weighted by Gasteiger charge is -2.07. The van der Waals surface area contributed by atoms with Crippen LogP contribution in [0.3, 0.4) is 0 Å². The molecular formula is C24H26N4O. The Bertz CT molecular complexity index is 996. The summed E-state index contributed by atoms with van der Waals surface area (Å²) in [7, 11) is 1.66. The lowest BCUT2D eigenvalue weighted by atomic mass is 9.97. The van der Waals surface area contributed by atoms with E-state index in [0.29, 0.717) is 11.4 Å². The third-order valence-corrected chi connectivity index (χ3v) is 5.08. The van der Waals surface area contributed by atoms with Crippen LogP contribution in [0.2, 0.25) is 0 Å². The highest BCUT2D eigenvalue weighted by molar-refractivity contribution is 6.13. The van der Waals surface area contributed by atoms with Crippen LogP contribution in [0.15, 0.2) is 64.7 Å². The largest absolute Gasteiger partial charge is 0.384 e. The fourth-order valence-corrected chi connectivity index (χ4v) is 3.38. The predicted octanol–water partition coefficient (Wildman–Crippen LogP) is 3.92. The topological polar surface area (TPSA) is 105 Å². The molecule has 3 rings (SSSR count). The van der Waals surface area contributed by atoms with E-state index in [1.165, 1.54) is 0 Å². The molecule has 5 N–H and O–H groups in total. The zero-order chi connectivity index (χ0) is 20.8. The normalized spacial score (nSPS) is 18.1. The number of nitrogens with zero attached hydrogens (tertiary/aromatic N) is 1. The molecule has 1 aliphatic rings. The summed E-state index contributed by atoms with van der Waals surface area (Å²) in [6, 6.07) is 15.2. The number of hydrogen-bond acceptors (Lipinski definition) is 3. The number of allylic oxidation sites excluding steroid dienone is 2. The second kappa shape index (κ2) is 9.15. The van der Waals surface area contributed by atoms with Gasteiger partial charge in [-0.2, -0.15) is 0 Å². The Morgan fingerprint density at radius 2 is 1.31 bits per heavy atom. The summed E-state index contributed by atoms with van der Waals surface area (Å²) >= 11 is 0. The molecule has 1 fully saturated rings. The van der Waals surface area contributed by atoms with Crippen molar-refractivity contribution >= 4 is 29.6 Å². The molecule has 0 amide bonds. The highest BCUT2D eigenvalue weighted by Gasteiger charge is 2.19. The number of carbonyl (C=O) groups excluding carboxylic acids is 1. The van der Waals surface area contributed by atoms with Crippen LogP contribution in [-0.2, 0) is 4.79 Å². The van der Waals surface area contributed by atoms with Gasteiger partial charge >= 0.3 is 0 Å². The SMILES string of the molecule is CN=C(N)c1ccc(/C=C2/CCCC/C(=C\c3ccc(C(=N)N)cc3)C2=O)cc1. The van der Waals surface area contributed by atoms with E-state index < -0.39 is 0 Å². The van der Waals surface area contributed by atoms with Crippen LogP contribution in [0.25, 0.3) is 12.2 Å². The summed E-state index contributed by atoms with van der Waals surface area (Å²) < 4.78 is 0. The Morgan fingerprint density at radius 1 is 0.862 bits per heavy atom. The highest BCUT2D eigenvalue weighted by atomic mass is 16.1. The first-order valence-electron chi connectivity index (χ1n) is 9.71. The number of amidine groups is 2. The smallest absolute Gasteiger partial charge is 0.185 e. The molecule has 0 aromatic heterocycles. The van der Waals surface area contributed by atoms with Crippen molar-refractivity contribution in [3.05, 3.63) is 81.9 Å². The number of benzene rings is 2. The zero-order valence-corrected chi connectivity index (χ0v) is 16.6. The van der Waals surface area contributed by atoms with E-state index in [-0.39, 0.29) is 11.6 Å². The number of carbonyl (C=O) groups is 1. The maximum absolute atomic E-state index is 13.1. The molecule has 148 valence electrons. The molecule has 0 aliphatic heterocycles. The van der Waals surface area contributed by atoms with E-state index in [4.69, 9.17) is 16.9 Å². The summed E-state index contributed by atoms with van der Waals surface area (Å²) in [5.74, 6) is 0.644. The first-order chi connectivity index (χ1) is 14.0. The summed E-state index contributed by atoms with van der Waals surface area (Å²) in [4.78, 5) is 17.1. The number of hydrogen-bond donors (Lipinski definition) is 3. The standard InChI is InChI=1S/C24H26N4O/c1-28-24(27)19-12-8-17(9-13-19)15-21-5-3-2-4-20(22(21)29)14-16-6-10-18(11-7-16)23(25)26/h6-15H,2-5H2,1H3,(H3,25,26)(H2,27,28)/b20-14+,21-15-. The summed E-state index contributed by atoms with van der Waals surface area (Å²) in [6.45, 7) is 0. The Balaban J connectivity index is 1.86. The Hall–Kier alpha value is -3.47. The van der Waals surface area contributed by atoms with Crippen molar-refractivity contribution in [2.24, 2.45) is 16.5 Å². The minimum absolute atomic E-state index is 0.0398. The Kier molecular flexibility index (Phi) is 6.39. The Labute approximate surface area is 171 Å². The monoisotopic (exact) mass is 386 g/mol. The maximum atomic E-state index is 13.1. The van der Waals surface area contributed by atoms with Crippen LogP contribution >= 0.6 is 0 Å². The van der Waals surface area contributed by atoms with Gasteiger partial charge in [0.05, 0.1) is 0 Å². The molecule has 0 spiro atoms. The van der Waals surface area contributed by atoms with Crippen molar-refractivity contribution < 1.29 is 4.79 Å². The van der Waals surface area contributed by atoms with Crippen molar-refractivity contribution in [2.45, 2.75) is 25.7 Å². The van der Waals surface area contributed by atoms with Crippen LogP contribution in [0.1, 0.15) is 47.9 Å². The average molecular weight is 386 g/mol. The number of rotatable bonds is 4. The van der Waals surface area contributed by atoms with Crippen molar-refractivity contribution in [2.75, 3.05) is 7.05 Å². The van der Waals surface area contributed by atoms with E-state index in [1.54, 1.807) is 19.2 Å². The van der Waals surface area contributed by atoms with Crippen molar-refractivity contribution in [1.29, 1.82) is 5.41 Å². The molecule has 2 aromatic carbocycles. The molecular weight excluding hydrogens is 360 g/mol. The summed E-state index contributed by atoms with van der Waals surface area (Å²) in [5.41, 5.74) is 16.5. The van der Waals surface area contributed by atoms with Gasteiger partial charge in [-0.25, -0.2) is 0 Å². The van der Waals surface area contributed by atoms with Gasteiger partial charge in [0.15, 0.2) is 5.78 Å². The molecule has 5 heteroatoms. The lowest BCUT2D eigenvalue weighted by molar-refractivity contribution is -0.112. The van der Waals surface area contributed by atoms with E-state index in [0.717, 1.165) is 53.5 Å². The predicted molar refractivity (Wildman–Crippen MR) is 120 cm³/mol. The number of ketones is 1. The number of nitrogen functional groups attached to an aromatic ring is 1. The second-order valence-corrected chi connectivity index (χ2v) is 7.14. The third kappa shape index (κ3) is 5.08. The van der Waals surface area contributed by atoms with Gasteiger partial charge in [0.1, 0.15) is 11.7 Å². The van der Waals surface area contributed by atoms with Crippen LogP contribution in [0.5, 0.6) is 0 Å². The van der Waals surface area contributed by atoms with Gasteiger partial charge in [0.2, 0.25) is 0 Å². The van der Waals surface area contributed by atoms with Gasteiger partial charge < -0.3 is 11.5 Å². The van der Waals surface area contributed by atoms with Crippen molar-refractivity contribution in [1.82, 2.24) is 0 Å². The van der Waals surface area contributed by atoms with Crippen LogP contribution in [0, 0.1) is 5.41 Å². The van der Waals surface area contributed by atoms with Crippen LogP contribution in [-0.4, -0.2) is 24.5 Å². The molecule has 0 heterocycles. The third-order valence-electron chi connectivity index (χ3n) is 5.08. The van der Waals surface area contributed by atoms with Gasteiger partial charge in [-0.15, -0.1) is 0 Å². The molecule has 1 saturated carbocycles. The van der Waals surface area contributed by atoms with Gasteiger partial charge in [-0.05, 0) is 49.0 Å². The molecule has 0 unspecified atom stereocenters. The van der Waals surface area contributed by atoms with Gasteiger partial charge in [0.25, 0.3) is 0 Å². The van der Waals surface area contributed by atoms with Crippen LogP contribution in [0.4, 0.5) is 0 Å². The fraction of sp³-hybridized carbons (Fsp3) is 0.208. The van der Waals surface area contributed by atoms with E-state index in [2.05, 4.69) is 4.99 Å². The molecule has 1 aliphatic carbocycles. The van der Waals surface area contributed by atoms with Crippen LogP contribution < -0.4 is 11.5 Å². The van der Waals surface area contributed by atoms with E-state index >= 15 is 0 Å². The van der Waals surface area contributed by atoms with Gasteiger partial charge in [-0.3, -0.25) is 15.2 Å². The van der Waals surface area contributed by atoms with Gasteiger partial charge in [-0.1, -0.05) is 48.5 Å². The number of nitrogens with two attached hydrogens (primary N) is 2. The van der Waals surface area contributed by atoms with E-state index in [1.807, 2.05) is 48.6 Å². The first kappa shape index (κ1) is 20.3. The maximum Gasteiger partial charge on any atom is 0.185 e. The summed E-state index contributed by atoms with van der Waals surface area (Å²) in [5, 5.41) is 7.49. The molecule has 0 radical (unpaired) electrons. The number of aliphatic imine (C=N–C) groups is 1. The average Bonchev–Trinajstić information content (AvgIpc) is 2.90. The number of Topliss-reactive ketones (excluding diaryl/α,β-unsaturated/α-hetero) is 1. The Morgan fingerprint density at radius 3 is 1.72 bits per heavy atom. The van der Waals surface area contributed by atoms with Gasteiger partial charge in [0, 0.05) is 29.3 Å². The minimum atomic E-state index is 0.0398. The van der Waals surface area contributed by atoms with Crippen molar-refractivity contribution in [3.8, 4) is 0 Å². The number of nitrogens with one attached hydrogen (secondary N) is 1. The molecule has 0 bridgehead atoms. The molecule has 0 atom stereocenters. The fourth-order valence-electron chi connectivity index (χ4n) is 3.38. The van der Waals surface area contributed by atoms with E-state index in [9.17, 15) is 4.79 Å². The molecule has 0 saturated heterocycles. The quantitative estimate of drug-likeness (QED) is 0.321.